The van der Waals surface area contributed by atoms with Crippen LogP contribution in [0.2, 0.25) is 10.0 Å². The molecule has 0 radical (unpaired) electrons. The Morgan fingerprint density at radius 1 is 1.03 bits per heavy atom. The zero-order valence-electron chi connectivity index (χ0n) is 16.2. The maximum Gasteiger partial charge on any atom is 0.262 e. The van der Waals surface area contributed by atoms with Crippen LogP contribution in [-0.4, -0.2) is 49.5 Å². The van der Waals surface area contributed by atoms with Gasteiger partial charge in [-0.3, -0.25) is 9.59 Å². The van der Waals surface area contributed by atoms with Gasteiger partial charge in [0, 0.05) is 43.3 Å². The van der Waals surface area contributed by atoms with E-state index in [2.05, 4.69) is 10.2 Å². The van der Waals surface area contributed by atoms with Gasteiger partial charge in [-0.2, -0.15) is 0 Å². The van der Waals surface area contributed by atoms with Gasteiger partial charge < -0.3 is 19.9 Å². The van der Waals surface area contributed by atoms with Gasteiger partial charge in [-0.1, -0.05) is 30.1 Å². The Hall–Kier alpha value is -2.44. The third-order valence-corrected chi connectivity index (χ3v) is 5.25. The summed E-state index contributed by atoms with van der Waals surface area (Å²) in [7, 11) is 0. The molecule has 1 N–H and O–H groups in total. The zero-order valence-corrected chi connectivity index (χ0v) is 17.7. The highest BCUT2D eigenvalue weighted by Crippen LogP contribution is 2.29. The van der Waals surface area contributed by atoms with E-state index in [1.807, 2.05) is 24.0 Å². The molecule has 0 aliphatic carbocycles. The second kappa shape index (κ2) is 9.85. The van der Waals surface area contributed by atoms with Crippen LogP contribution in [0.3, 0.4) is 0 Å². The lowest BCUT2D eigenvalue weighted by atomic mass is 10.2. The monoisotopic (exact) mass is 435 g/mol. The predicted molar refractivity (Wildman–Crippen MR) is 116 cm³/mol. The average molecular weight is 436 g/mol. The molecule has 0 atom stereocenters. The summed E-state index contributed by atoms with van der Waals surface area (Å²) >= 11 is 12.3. The number of rotatable bonds is 6. The minimum absolute atomic E-state index is 0.117. The van der Waals surface area contributed by atoms with Gasteiger partial charge in [0.05, 0.1) is 10.7 Å². The molecular formula is C21H23Cl2N3O3. The van der Waals surface area contributed by atoms with Crippen molar-refractivity contribution < 1.29 is 14.3 Å². The van der Waals surface area contributed by atoms with E-state index < -0.39 is 0 Å². The van der Waals surface area contributed by atoms with E-state index in [0.29, 0.717) is 41.0 Å². The molecule has 0 spiro atoms. The quantitative estimate of drug-likeness (QED) is 0.742. The van der Waals surface area contributed by atoms with Gasteiger partial charge in [-0.25, -0.2) is 0 Å². The molecule has 29 heavy (non-hydrogen) atoms. The lowest BCUT2D eigenvalue weighted by Gasteiger charge is -2.36. The van der Waals surface area contributed by atoms with E-state index in [0.717, 1.165) is 18.8 Å². The fourth-order valence-electron chi connectivity index (χ4n) is 3.14. The number of nitrogens with zero attached hydrogens (tertiary/aromatic N) is 2. The molecule has 1 heterocycles. The maximum atomic E-state index is 12.1. The fraction of sp³-hybridized carbons (Fsp3) is 0.333. The molecule has 2 aromatic carbocycles. The average Bonchev–Trinajstić information content (AvgIpc) is 2.73. The summed E-state index contributed by atoms with van der Waals surface area (Å²) in [6.45, 7) is 4.58. The molecule has 6 nitrogen and oxygen atoms in total. The Bertz CT molecular complexity index is 866. The lowest BCUT2D eigenvalue weighted by Crippen LogP contribution is -2.48. The normalized spacial score (nSPS) is 13.9. The van der Waals surface area contributed by atoms with E-state index in [1.165, 1.54) is 0 Å². The van der Waals surface area contributed by atoms with E-state index in [1.54, 1.807) is 30.3 Å². The molecule has 0 saturated carbocycles. The minimum Gasteiger partial charge on any atom is -0.484 e. The van der Waals surface area contributed by atoms with E-state index in [-0.39, 0.29) is 18.4 Å². The standard InChI is InChI=1S/C21H23Cl2N3O3/c1-2-21(28)26-11-9-25(10-12-26)19-8-5-16(13-18(19)23)24-20(27)14-29-17-6-3-15(22)4-7-17/h3-8,13H,2,9-12,14H2,1H3,(H,24,27). The molecule has 0 aromatic heterocycles. The predicted octanol–water partition coefficient (Wildman–Crippen LogP) is 4.07. The Morgan fingerprint density at radius 2 is 1.72 bits per heavy atom. The molecule has 0 bridgehead atoms. The number of amides is 2. The molecule has 1 saturated heterocycles. The first-order valence-corrected chi connectivity index (χ1v) is 10.2. The van der Waals surface area contributed by atoms with Crippen molar-refractivity contribution in [1.82, 2.24) is 4.90 Å². The molecule has 0 unspecified atom stereocenters. The van der Waals surface area contributed by atoms with E-state index in [4.69, 9.17) is 27.9 Å². The summed E-state index contributed by atoms with van der Waals surface area (Å²) in [6, 6.07) is 12.2. The number of carbonyl (C=O) groups is 2. The highest BCUT2D eigenvalue weighted by atomic mass is 35.5. The fourth-order valence-corrected chi connectivity index (χ4v) is 3.56. The molecule has 1 fully saturated rings. The summed E-state index contributed by atoms with van der Waals surface area (Å²) in [5, 5.41) is 3.94. The third kappa shape index (κ3) is 5.78. The molecule has 154 valence electrons. The highest BCUT2D eigenvalue weighted by Gasteiger charge is 2.21. The topological polar surface area (TPSA) is 61.9 Å². The van der Waals surface area contributed by atoms with Gasteiger partial charge in [0.15, 0.2) is 6.61 Å². The van der Waals surface area contributed by atoms with E-state index >= 15 is 0 Å². The number of piperazine rings is 1. The van der Waals surface area contributed by atoms with Crippen LogP contribution in [-0.2, 0) is 9.59 Å². The van der Waals surface area contributed by atoms with Crippen molar-refractivity contribution in [3.63, 3.8) is 0 Å². The van der Waals surface area contributed by atoms with Gasteiger partial charge in [0.25, 0.3) is 5.91 Å². The Labute approximate surface area is 180 Å². The number of nitrogens with one attached hydrogen (secondary N) is 1. The van der Waals surface area contributed by atoms with Gasteiger partial charge in [-0.15, -0.1) is 0 Å². The SMILES string of the molecule is CCC(=O)N1CCN(c2ccc(NC(=O)COc3ccc(Cl)cc3)cc2Cl)CC1. The number of benzene rings is 2. The molecule has 2 amide bonds. The number of ether oxygens (including phenoxy) is 1. The van der Waals surface area contributed by atoms with Gasteiger partial charge >= 0.3 is 0 Å². The van der Waals surface area contributed by atoms with Crippen LogP contribution < -0.4 is 15.0 Å². The van der Waals surface area contributed by atoms with Crippen LogP contribution in [0.15, 0.2) is 42.5 Å². The number of carbonyl (C=O) groups excluding carboxylic acids is 2. The summed E-state index contributed by atoms with van der Waals surface area (Å²) in [5.41, 5.74) is 1.49. The van der Waals surface area contributed by atoms with Crippen molar-refractivity contribution in [2.24, 2.45) is 0 Å². The summed E-state index contributed by atoms with van der Waals surface area (Å²) in [4.78, 5) is 28.0. The number of hydrogen-bond donors (Lipinski definition) is 1. The smallest absolute Gasteiger partial charge is 0.262 e. The molecule has 8 heteroatoms. The second-order valence-electron chi connectivity index (χ2n) is 6.68. The first-order chi connectivity index (χ1) is 14.0. The van der Waals surface area contributed by atoms with Crippen molar-refractivity contribution in [2.45, 2.75) is 13.3 Å². The number of halogens is 2. The van der Waals surface area contributed by atoms with Crippen LogP contribution >= 0.6 is 23.2 Å². The van der Waals surface area contributed by atoms with Gasteiger partial charge in [-0.05, 0) is 42.5 Å². The molecule has 1 aliphatic heterocycles. The molecular weight excluding hydrogens is 413 g/mol. The van der Waals surface area contributed by atoms with Crippen LogP contribution in [0, 0.1) is 0 Å². The van der Waals surface area contributed by atoms with Crippen molar-refractivity contribution in [3.8, 4) is 5.75 Å². The number of hydrogen-bond acceptors (Lipinski definition) is 4. The Morgan fingerprint density at radius 3 is 2.34 bits per heavy atom. The summed E-state index contributed by atoms with van der Waals surface area (Å²) < 4.78 is 5.44. The molecule has 3 rings (SSSR count). The van der Waals surface area contributed by atoms with Crippen molar-refractivity contribution >= 4 is 46.4 Å². The van der Waals surface area contributed by atoms with E-state index in [9.17, 15) is 9.59 Å². The largest absolute Gasteiger partial charge is 0.484 e. The maximum absolute atomic E-state index is 12.1. The molecule has 2 aromatic rings. The van der Waals surface area contributed by atoms with Crippen LogP contribution in [0.5, 0.6) is 5.75 Å². The lowest BCUT2D eigenvalue weighted by molar-refractivity contribution is -0.131. The minimum atomic E-state index is -0.282. The first kappa shape index (κ1) is 21.3. The second-order valence-corrected chi connectivity index (χ2v) is 7.52. The summed E-state index contributed by atoms with van der Waals surface area (Å²) in [5.74, 6) is 0.462. The van der Waals surface area contributed by atoms with Crippen LogP contribution in [0.4, 0.5) is 11.4 Å². The van der Waals surface area contributed by atoms with Gasteiger partial charge in [0.2, 0.25) is 5.91 Å². The van der Waals surface area contributed by atoms with Gasteiger partial charge in [0.1, 0.15) is 5.75 Å². The Balaban J connectivity index is 1.53. The van der Waals surface area contributed by atoms with Crippen molar-refractivity contribution in [2.75, 3.05) is 43.0 Å². The number of anilines is 2. The third-order valence-electron chi connectivity index (χ3n) is 4.69. The first-order valence-electron chi connectivity index (χ1n) is 9.46. The van der Waals surface area contributed by atoms with Crippen molar-refractivity contribution in [1.29, 1.82) is 0 Å². The van der Waals surface area contributed by atoms with Crippen molar-refractivity contribution in [3.05, 3.63) is 52.5 Å². The Kier molecular flexibility index (Phi) is 7.23. The highest BCUT2D eigenvalue weighted by molar-refractivity contribution is 6.33. The van der Waals surface area contributed by atoms with Crippen LogP contribution in [0.25, 0.3) is 0 Å². The summed E-state index contributed by atoms with van der Waals surface area (Å²) in [6.07, 6.45) is 0.525. The van der Waals surface area contributed by atoms with Crippen LogP contribution in [0.1, 0.15) is 13.3 Å². The molecule has 1 aliphatic rings. The zero-order chi connectivity index (χ0) is 20.8.